The highest BCUT2D eigenvalue weighted by molar-refractivity contribution is 5.41. The number of benzene rings is 1. The van der Waals surface area contributed by atoms with Crippen molar-refractivity contribution in [1.82, 2.24) is 19.7 Å². The summed E-state index contributed by atoms with van der Waals surface area (Å²) in [5.74, 6) is 1.54. The molecule has 0 spiro atoms. The van der Waals surface area contributed by atoms with Crippen LogP contribution < -0.4 is 4.90 Å². The maximum absolute atomic E-state index is 4.62. The van der Waals surface area contributed by atoms with E-state index < -0.39 is 0 Å². The lowest BCUT2D eigenvalue weighted by Gasteiger charge is -2.19. The van der Waals surface area contributed by atoms with Gasteiger partial charge in [0.1, 0.15) is 5.82 Å². The lowest BCUT2D eigenvalue weighted by Crippen LogP contribution is -2.19. The lowest BCUT2D eigenvalue weighted by molar-refractivity contribution is 0.816. The van der Waals surface area contributed by atoms with E-state index in [1.54, 1.807) is 23.3 Å². The van der Waals surface area contributed by atoms with Gasteiger partial charge in [-0.3, -0.25) is 4.98 Å². The first-order chi connectivity index (χ1) is 10.6. The van der Waals surface area contributed by atoms with E-state index in [0.717, 1.165) is 18.2 Å². The normalized spacial score (nSPS) is 10.7. The van der Waals surface area contributed by atoms with E-state index in [4.69, 9.17) is 0 Å². The molecule has 112 valence electrons. The number of aryl methyl sites for hydroxylation is 2. The average Bonchev–Trinajstić information content (AvgIpc) is 3.04. The first kappa shape index (κ1) is 14.3. The van der Waals surface area contributed by atoms with Crippen molar-refractivity contribution in [3.8, 4) is 5.82 Å². The number of rotatable bonds is 4. The summed E-state index contributed by atoms with van der Waals surface area (Å²) in [7, 11) is 2.02. The Balaban J connectivity index is 1.83. The minimum atomic E-state index is 0.718. The molecule has 0 bridgehead atoms. The van der Waals surface area contributed by atoms with Gasteiger partial charge in [-0.1, -0.05) is 23.8 Å². The maximum atomic E-state index is 4.62. The van der Waals surface area contributed by atoms with Crippen molar-refractivity contribution in [2.45, 2.75) is 20.4 Å². The van der Waals surface area contributed by atoms with E-state index in [1.165, 1.54) is 16.7 Å². The molecule has 0 aliphatic rings. The van der Waals surface area contributed by atoms with E-state index in [-0.39, 0.29) is 0 Å². The number of nitrogens with zero attached hydrogens (tertiary/aromatic N) is 5. The summed E-state index contributed by atoms with van der Waals surface area (Å²) in [5, 5.41) is 4.19. The standard InChI is InChI=1S/C17H19N5/c1-13-5-6-15(14(2)9-13)12-21(3)16-10-18-11-17(20-16)22-8-4-7-19-22/h4-11H,12H2,1-3H3. The van der Waals surface area contributed by atoms with E-state index in [1.807, 2.05) is 19.3 Å². The Bertz CT molecular complexity index is 764. The summed E-state index contributed by atoms with van der Waals surface area (Å²) < 4.78 is 1.71. The van der Waals surface area contributed by atoms with Gasteiger partial charge in [-0.05, 0) is 31.0 Å². The van der Waals surface area contributed by atoms with E-state index in [9.17, 15) is 0 Å². The molecule has 5 heteroatoms. The van der Waals surface area contributed by atoms with Crippen LogP contribution in [0, 0.1) is 13.8 Å². The second-order valence-electron chi connectivity index (χ2n) is 5.47. The van der Waals surface area contributed by atoms with Crippen LogP contribution in [0.2, 0.25) is 0 Å². The summed E-state index contributed by atoms with van der Waals surface area (Å²) >= 11 is 0. The van der Waals surface area contributed by atoms with Crippen molar-refractivity contribution in [3.05, 3.63) is 65.7 Å². The van der Waals surface area contributed by atoms with Crippen molar-refractivity contribution >= 4 is 5.82 Å². The topological polar surface area (TPSA) is 46.8 Å². The van der Waals surface area contributed by atoms with Crippen molar-refractivity contribution in [2.24, 2.45) is 0 Å². The number of hydrogen-bond donors (Lipinski definition) is 0. The summed E-state index contributed by atoms with van der Waals surface area (Å²) in [6.07, 6.45) is 7.07. The van der Waals surface area contributed by atoms with Crippen molar-refractivity contribution < 1.29 is 0 Å². The summed E-state index contributed by atoms with van der Waals surface area (Å²) in [6.45, 7) is 5.05. The monoisotopic (exact) mass is 293 g/mol. The second kappa shape index (κ2) is 5.97. The Morgan fingerprint density at radius 3 is 2.77 bits per heavy atom. The fraction of sp³-hybridized carbons (Fsp3) is 0.235. The van der Waals surface area contributed by atoms with Crippen LogP contribution in [-0.2, 0) is 6.54 Å². The molecular weight excluding hydrogens is 274 g/mol. The predicted molar refractivity (Wildman–Crippen MR) is 87.2 cm³/mol. The van der Waals surface area contributed by atoms with Crippen LogP contribution in [0.3, 0.4) is 0 Å². The van der Waals surface area contributed by atoms with Gasteiger partial charge >= 0.3 is 0 Å². The zero-order valence-electron chi connectivity index (χ0n) is 13.1. The minimum absolute atomic E-state index is 0.718. The van der Waals surface area contributed by atoms with Crippen LogP contribution in [0.25, 0.3) is 5.82 Å². The molecule has 0 radical (unpaired) electrons. The highest BCUT2D eigenvalue weighted by Crippen LogP contribution is 2.17. The fourth-order valence-corrected chi connectivity index (χ4v) is 2.40. The predicted octanol–water partition coefficient (Wildman–Crippen LogP) is 2.92. The van der Waals surface area contributed by atoms with Crippen LogP contribution in [0.15, 0.2) is 49.1 Å². The first-order valence-electron chi connectivity index (χ1n) is 7.23. The van der Waals surface area contributed by atoms with Crippen LogP contribution in [0.5, 0.6) is 0 Å². The highest BCUT2D eigenvalue weighted by Gasteiger charge is 2.08. The maximum Gasteiger partial charge on any atom is 0.173 e. The highest BCUT2D eigenvalue weighted by atomic mass is 15.3. The average molecular weight is 293 g/mol. The largest absolute Gasteiger partial charge is 0.354 e. The molecule has 0 N–H and O–H groups in total. The molecule has 0 saturated heterocycles. The van der Waals surface area contributed by atoms with Crippen LogP contribution in [0.4, 0.5) is 5.82 Å². The van der Waals surface area contributed by atoms with Crippen molar-refractivity contribution in [3.63, 3.8) is 0 Å². The summed E-state index contributed by atoms with van der Waals surface area (Å²) in [6, 6.07) is 8.39. The molecule has 22 heavy (non-hydrogen) atoms. The van der Waals surface area contributed by atoms with Gasteiger partial charge in [0, 0.05) is 26.0 Å². The van der Waals surface area contributed by atoms with Gasteiger partial charge in [0.05, 0.1) is 12.4 Å². The Hall–Kier alpha value is -2.69. The zero-order valence-corrected chi connectivity index (χ0v) is 13.1. The Labute approximate surface area is 130 Å². The van der Waals surface area contributed by atoms with E-state index in [0.29, 0.717) is 0 Å². The molecule has 2 heterocycles. The Kier molecular flexibility index (Phi) is 3.87. The molecule has 0 atom stereocenters. The molecule has 3 aromatic rings. The Morgan fingerprint density at radius 2 is 2.05 bits per heavy atom. The molecule has 5 nitrogen and oxygen atoms in total. The van der Waals surface area contributed by atoms with Gasteiger partial charge < -0.3 is 4.90 Å². The third-order valence-electron chi connectivity index (χ3n) is 3.64. The third kappa shape index (κ3) is 2.98. The first-order valence-corrected chi connectivity index (χ1v) is 7.23. The van der Waals surface area contributed by atoms with Gasteiger partial charge in [0.2, 0.25) is 0 Å². The lowest BCUT2D eigenvalue weighted by atomic mass is 10.1. The van der Waals surface area contributed by atoms with Crippen molar-refractivity contribution in [1.29, 1.82) is 0 Å². The molecule has 0 aliphatic carbocycles. The van der Waals surface area contributed by atoms with E-state index in [2.05, 4.69) is 52.0 Å². The molecule has 0 fully saturated rings. The molecule has 3 rings (SSSR count). The Morgan fingerprint density at radius 1 is 1.18 bits per heavy atom. The van der Waals surface area contributed by atoms with E-state index >= 15 is 0 Å². The SMILES string of the molecule is Cc1ccc(CN(C)c2cncc(-n3cccn3)n2)c(C)c1. The van der Waals surface area contributed by atoms with Gasteiger partial charge in [0.25, 0.3) is 0 Å². The number of aromatic nitrogens is 4. The molecule has 0 aliphatic heterocycles. The molecular formula is C17H19N5. The van der Waals surface area contributed by atoms with Gasteiger partial charge in [-0.25, -0.2) is 9.67 Å². The van der Waals surface area contributed by atoms with Gasteiger partial charge in [-0.2, -0.15) is 5.10 Å². The molecule has 0 unspecified atom stereocenters. The van der Waals surface area contributed by atoms with Gasteiger partial charge in [0.15, 0.2) is 5.82 Å². The smallest absolute Gasteiger partial charge is 0.173 e. The zero-order chi connectivity index (χ0) is 15.5. The van der Waals surface area contributed by atoms with Crippen molar-refractivity contribution in [2.75, 3.05) is 11.9 Å². The molecule has 1 aromatic carbocycles. The molecule has 0 amide bonds. The van der Waals surface area contributed by atoms with Crippen LogP contribution in [0.1, 0.15) is 16.7 Å². The third-order valence-corrected chi connectivity index (χ3v) is 3.64. The quantitative estimate of drug-likeness (QED) is 0.742. The molecule has 0 saturated carbocycles. The summed E-state index contributed by atoms with van der Waals surface area (Å²) in [5.41, 5.74) is 3.87. The minimum Gasteiger partial charge on any atom is -0.354 e. The van der Waals surface area contributed by atoms with Gasteiger partial charge in [-0.15, -0.1) is 0 Å². The summed E-state index contributed by atoms with van der Waals surface area (Å²) in [4.78, 5) is 11.0. The second-order valence-corrected chi connectivity index (χ2v) is 5.47. The fourth-order valence-electron chi connectivity index (χ4n) is 2.40. The number of anilines is 1. The molecule has 2 aromatic heterocycles. The van der Waals surface area contributed by atoms with Crippen LogP contribution in [-0.4, -0.2) is 26.8 Å². The van der Waals surface area contributed by atoms with Crippen LogP contribution >= 0.6 is 0 Å². The number of hydrogen-bond acceptors (Lipinski definition) is 4.